The Bertz CT molecular complexity index is 889. The zero-order valence-electron chi connectivity index (χ0n) is 13.0. The lowest BCUT2D eigenvalue weighted by Crippen LogP contribution is -2.21. The number of furan rings is 1. The lowest BCUT2D eigenvalue weighted by atomic mass is 10.1. The minimum absolute atomic E-state index is 0.00879. The highest BCUT2D eigenvalue weighted by Crippen LogP contribution is 2.22. The molecule has 0 unspecified atom stereocenters. The van der Waals surface area contributed by atoms with E-state index in [0.717, 1.165) is 18.8 Å². The number of fused-ring (bicyclic) bond motifs is 1. The average Bonchev–Trinajstić information content (AvgIpc) is 3.09. The predicted molar refractivity (Wildman–Crippen MR) is 88.2 cm³/mol. The molecule has 0 aliphatic heterocycles. The second-order valence-corrected chi connectivity index (χ2v) is 5.18. The summed E-state index contributed by atoms with van der Waals surface area (Å²) in [5, 5.41) is 0.715. The molecule has 2 aromatic heterocycles. The van der Waals surface area contributed by atoms with Crippen LogP contribution in [0.3, 0.4) is 0 Å². The van der Waals surface area contributed by atoms with Gasteiger partial charge in [0.05, 0.1) is 11.8 Å². The first-order valence-corrected chi connectivity index (χ1v) is 7.53. The molecule has 5 heteroatoms. The van der Waals surface area contributed by atoms with E-state index < -0.39 is 11.4 Å². The maximum Gasteiger partial charge on any atom is 0.347 e. The molecule has 0 saturated carbocycles. The van der Waals surface area contributed by atoms with Gasteiger partial charge < -0.3 is 13.7 Å². The summed E-state index contributed by atoms with van der Waals surface area (Å²) in [5.41, 5.74) is 1.16. The summed E-state index contributed by atoms with van der Waals surface area (Å²) in [7, 11) is 0. The SMILES string of the molecule is CCN(CC)c1ccc2cc(C(=O)c3ccoc3)c(=O)oc2c1. The van der Waals surface area contributed by atoms with Crippen LogP contribution in [0.2, 0.25) is 0 Å². The van der Waals surface area contributed by atoms with Crippen LogP contribution in [0.15, 0.2) is 56.5 Å². The molecule has 0 saturated heterocycles. The molecular weight excluding hydrogens is 294 g/mol. The van der Waals surface area contributed by atoms with Crippen molar-refractivity contribution in [2.75, 3.05) is 18.0 Å². The quantitative estimate of drug-likeness (QED) is 0.533. The van der Waals surface area contributed by atoms with Crippen molar-refractivity contribution in [1.29, 1.82) is 0 Å². The number of benzene rings is 1. The van der Waals surface area contributed by atoms with Crippen LogP contribution in [0.1, 0.15) is 29.8 Å². The molecule has 0 N–H and O–H groups in total. The zero-order valence-corrected chi connectivity index (χ0v) is 13.0. The van der Waals surface area contributed by atoms with Crippen molar-refractivity contribution < 1.29 is 13.6 Å². The highest BCUT2D eigenvalue weighted by molar-refractivity contribution is 6.09. The van der Waals surface area contributed by atoms with Gasteiger partial charge in [-0.3, -0.25) is 4.79 Å². The number of anilines is 1. The first-order valence-electron chi connectivity index (χ1n) is 7.53. The number of nitrogens with zero attached hydrogens (tertiary/aromatic N) is 1. The Morgan fingerprint density at radius 3 is 2.57 bits per heavy atom. The molecule has 0 aliphatic rings. The average molecular weight is 311 g/mol. The van der Waals surface area contributed by atoms with Crippen LogP contribution in [0, 0.1) is 0 Å². The monoisotopic (exact) mass is 311 g/mol. The highest BCUT2D eigenvalue weighted by Gasteiger charge is 2.17. The second kappa shape index (κ2) is 6.12. The van der Waals surface area contributed by atoms with Crippen LogP contribution in [-0.4, -0.2) is 18.9 Å². The molecule has 0 radical (unpaired) electrons. The summed E-state index contributed by atoms with van der Waals surface area (Å²) < 4.78 is 10.3. The first kappa shape index (κ1) is 15.1. The normalized spacial score (nSPS) is 10.9. The number of carbonyl (C=O) groups is 1. The summed E-state index contributed by atoms with van der Waals surface area (Å²) in [5.74, 6) is -0.401. The van der Waals surface area contributed by atoms with Crippen LogP contribution in [0.4, 0.5) is 5.69 Å². The molecule has 3 aromatic rings. The van der Waals surface area contributed by atoms with Crippen LogP contribution in [-0.2, 0) is 0 Å². The van der Waals surface area contributed by atoms with Gasteiger partial charge in [0.2, 0.25) is 5.78 Å². The van der Waals surface area contributed by atoms with E-state index in [9.17, 15) is 9.59 Å². The van der Waals surface area contributed by atoms with E-state index in [2.05, 4.69) is 18.7 Å². The molecule has 1 aromatic carbocycles. The Kier molecular flexibility index (Phi) is 4.02. The Hall–Kier alpha value is -2.82. The van der Waals surface area contributed by atoms with Crippen molar-refractivity contribution in [1.82, 2.24) is 0 Å². The zero-order chi connectivity index (χ0) is 16.4. The molecule has 3 rings (SSSR count). The summed E-state index contributed by atoms with van der Waals surface area (Å²) in [6, 6.07) is 8.74. The van der Waals surface area contributed by atoms with Gasteiger partial charge in [-0.05, 0) is 38.1 Å². The van der Waals surface area contributed by atoms with Gasteiger partial charge in [0.1, 0.15) is 17.4 Å². The predicted octanol–water partition coefficient (Wildman–Crippen LogP) is 3.46. The third-order valence-corrected chi connectivity index (χ3v) is 3.88. The van der Waals surface area contributed by atoms with Crippen molar-refractivity contribution in [3.63, 3.8) is 0 Å². The van der Waals surface area contributed by atoms with Crippen LogP contribution >= 0.6 is 0 Å². The Morgan fingerprint density at radius 1 is 1.13 bits per heavy atom. The molecule has 0 aliphatic carbocycles. The van der Waals surface area contributed by atoms with E-state index in [0.29, 0.717) is 16.5 Å². The Labute approximate surface area is 133 Å². The Balaban J connectivity index is 2.07. The minimum atomic E-state index is -0.639. The van der Waals surface area contributed by atoms with Gasteiger partial charge in [0.25, 0.3) is 0 Å². The second-order valence-electron chi connectivity index (χ2n) is 5.18. The summed E-state index contributed by atoms with van der Waals surface area (Å²) >= 11 is 0. The number of ketones is 1. The fraction of sp³-hybridized carbons (Fsp3) is 0.222. The highest BCUT2D eigenvalue weighted by atomic mass is 16.4. The van der Waals surface area contributed by atoms with Gasteiger partial charge in [-0.15, -0.1) is 0 Å². The number of hydrogen-bond acceptors (Lipinski definition) is 5. The van der Waals surface area contributed by atoms with E-state index in [1.807, 2.05) is 18.2 Å². The first-order chi connectivity index (χ1) is 11.1. The van der Waals surface area contributed by atoms with Crippen molar-refractivity contribution >= 4 is 22.4 Å². The smallest absolute Gasteiger partial charge is 0.347 e. The topological polar surface area (TPSA) is 63.7 Å². The van der Waals surface area contributed by atoms with Gasteiger partial charge in [0, 0.05) is 30.2 Å². The van der Waals surface area contributed by atoms with E-state index >= 15 is 0 Å². The van der Waals surface area contributed by atoms with Gasteiger partial charge in [-0.2, -0.15) is 0 Å². The van der Waals surface area contributed by atoms with Crippen molar-refractivity contribution in [2.24, 2.45) is 0 Å². The molecule has 0 fully saturated rings. The largest absolute Gasteiger partial charge is 0.472 e. The van der Waals surface area contributed by atoms with Crippen molar-refractivity contribution in [3.8, 4) is 0 Å². The minimum Gasteiger partial charge on any atom is -0.472 e. The molecule has 0 amide bonds. The van der Waals surface area contributed by atoms with Gasteiger partial charge in [-0.1, -0.05) is 0 Å². The molecular formula is C18H17NO4. The molecule has 23 heavy (non-hydrogen) atoms. The molecule has 0 atom stereocenters. The molecule has 5 nitrogen and oxygen atoms in total. The van der Waals surface area contributed by atoms with Crippen molar-refractivity contribution in [3.05, 3.63) is 64.4 Å². The maximum atomic E-state index is 12.3. The lowest BCUT2D eigenvalue weighted by molar-refractivity contribution is 0.103. The number of hydrogen-bond donors (Lipinski definition) is 0. The van der Waals surface area contributed by atoms with Gasteiger partial charge in [0.15, 0.2) is 0 Å². The Morgan fingerprint density at radius 2 is 1.91 bits per heavy atom. The van der Waals surface area contributed by atoms with Crippen LogP contribution < -0.4 is 10.5 Å². The van der Waals surface area contributed by atoms with Crippen LogP contribution in [0.25, 0.3) is 11.0 Å². The lowest BCUT2D eigenvalue weighted by Gasteiger charge is -2.20. The summed E-state index contributed by atoms with van der Waals surface area (Å²) in [6.45, 7) is 5.86. The molecule has 2 heterocycles. The van der Waals surface area contributed by atoms with Gasteiger partial charge >= 0.3 is 5.63 Å². The third-order valence-electron chi connectivity index (χ3n) is 3.88. The fourth-order valence-electron chi connectivity index (χ4n) is 2.59. The third kappa shape index (κ3) is 2.77. The van der Waals surface area contributed by atoms with Crippen molar-refractivity contribution in [2.45, 2.75) is 13.8 Å². The van der Waals surface area contributed by atoms with E-state index in [1.54, 1.807) is 6.07 Å². The maximum absolute atomic E-state index is 12.3. The summed E-state index contributed by atoms with van der Waals surface area (Å²) in [6.07, 6.45) is 2.71. The van der Waals surface area contributed by atoms with E-state index in [1.165, 1.54) is 18.6 Å². The van der Waals surface area contributed by atoms with E-state index in [4.69, 9.17) is 8.83 Å². The number of carbonyl (C=O) groups excluding carboxylic acids is 1. The molecule has 118 valence electrons. The van der Waals surface area contributed by atoms with Gasteiger partial charge in [-0.25, -0.2) is 4.79 Å². The number of rotatable bonds is 5. The fourth-order valence-corrected chi connectivity index (χ4v) is 2.59. The van der Waals surface area contributed by atoms with E-state index in [-0.39, 0.29) is 5.56 Å². The van der Waals surface area contributed by atoms with Crippen LogP contribution in [0.5, 0.6) is 0 Å². The molecule has 0 bridgehead atoms. The standard InChI is InChI=1S/C18H17NO4/c1-3-19(4-2)14-6-5-12-9-15(18(21)23-16(12)10-14)17(20)13-7-8-22-11-13/h5-11H,3-4H2,1-2H3. The molecule has 0 spiro atoms. The summed E-state index contributed by atoms with van der Waals surface area (Å²) in [4.78, 5) is 26.6.